The van der Waals surface area contributed by atoms with E-state index < -0.39 is 0 Å². The summed E-state index contributed by atoms with van der Waals surface area (Å²) in [5.74, 6) is 0.642. The minimum atomic E-state index is -0.178. The summed E-state index contributed by atoms with van der Waals surface area (Å²) in [5, 5.41) is 3.40. The standard InChI is InChI=1S/C21H22N4O2/c1-24-18-11-5-4-10-17(18)23-19(24)14-22-12-6-7-13-25-20(26)15-8-2-3-9-16(15)21(25)27/h2-5,8-11,22H,6-7,12-14H2,1H3. The van der Waals surface area contributed by atoms with Crippen molar-refractivity contribution in [1.29, 1.82) is 0 Å². The Hall–Kier alpha value is -2.99. The third-order valence-corrected chi connectivity index (χ3v) is 5.03. The van der Waals surface area contributed by atoms with Crippen molar-refractivity contribution >= 4 is 22.8 Å². The lowest BCUT2D eigenvalue weighted by atomic mass is 10.1. The van der Waals surface area contributed by atoms with Crippen molar-refractivity contribution in [2.24, 2.45) is 7.05 Å². The smallest absolute Gasteiger partial charge is 0.261 e. The fraction of sp³-hybridized carbons (Fsp3) is 0.286. The Bertz CT molecular complexity index is 973. The third-order valence-electron chi connectivity index (χ3n) is 5.03. The van der Waals surface area contributed by atoms with E-state index in [0.717, 1.165) is 36.2 Å². The first-order chi connectivity index (χ1) is 13.2. The van der Waals surface area contributed by atoms with Gasteiger partial charge in [-0.15, -0.1) is 0 Å². The zero-order chi connectivity index (χ0) is 18.8. The number of imidazole rings is 1. The van der Waals surface area contributed by atoms with E-state index in [1.807, 2.05) is 25.2 Å². The highest BCUT2D eigenvalue weighted by molar-refractivity contribution is 6.21. The SMILES string of the molecule is Cn1c(CNCCCCN2C(=O)c3ccccc3C2=O)nc2ccccc21. The van der Waals surface area contributed by atoms with Gasteiger partial charge in [0.15, 0.2) is 0 Å². The second kappa shape index (κ2) is 7.32. The van der Waals surface area contributed by atoms with Crippen LogP contribution in [0, 0.1) is 0 Å². The van der Waals surface area contributed by atoms with Crippen LogP contribution in [0.4, 0.5) is 0 Å². The zero-order valence-electron chi connectivity index (χ0n) is 15.3. The second-order valence-corrected chi connectivity index (χ2v) is 6.77. The number of aryl methyl sites for hydroxylation is 1. The number of para-hydroxylation sites is 2. The summed E-state index contributed by atoms with van der Waals surface area (Å²) >= 11 is 0. The largest absolute Gasteiger partial charge is 0.330 e. The maximum atomic E-state index is 12.3. The molecule has 3 aromatic rings. The van der Waals surface area contributed by atoms with Gasteiger partial charge in [-0.25, -0.2) is 4.98 Å². The number of hydrogen-bond acceptors (Lipinski definition) is 4. The number of fused-ring (bicyclic) bond motifs is 2. The summed E-state index contributed by atoms with van der Waals surface area (Å²) in [6.45, 7) is 1.96. The van der Waals surface area contributed by atoms with Crippen LogP contribution in [-0.2, 0) is 13.6 Å². The summed E-state index contributed by atoms with van der Waals surface area (Å²) in [5.41, 5.74) is 3.16. The summed E-state index contributed by atoms with van der Waals surface area (Å²) in [7, 11) is 2.02. The molecule has 6 nitrogen and oxygen atoms in total. The molecule has 2 heterocycles. The van der Waals surface area contributed by atoms with Crippen molar-refractivity contribution < 1.29 is 9.59 Å². The van der Waals surface area contributed by atoms with Crippen molar-refractivity contribution in [3.05, 3.63) is 65.5 Å². The fourth-order valence-corrected chi connectivity index (χ4v) is 3.52. The van der Waals surface area contributed by atoms with Crippen LogP contribution in [0.25, 0.3) is 11.0 Å². The molecule has 0 saturated carbocycles. The van der Waals surface area contributed by atoms with E-state index in [-0.39, 0.29) is 11.8 Å². The summed E-state index contributed by atoms with van der Waals surface area (Å²) in [4.78, 5) is 30.6. The first-order valence-corrected chi connectivity index (χ1v) is 9.23. The van der Waals surface area contributed by atoms with Crippen LogP contribution in [0.1, 0.15) is 39.4 Å². The molecule has 0 fully saturated rings. The van der Waals surface area contributed by atoms with Gasteiger partial charge in [-0.1, -0.05) is 24.3 Å². The molecule has 4 rings (SSSR count). The number of aromatic nitrogens is 2. The Morgan fingerprint density at radius 2 is 1.59 bits per heavy atom. The van der Waals surface area contributed by atoms with Gasteiger partial charge in [-0.2, -0.15) is 0 Å². The number of unbranched alkanes of at least 4 members (excludes halogenated alkanes) is 1. The summed E-state index contributed by atoms with van der Waals surface area (Å²) in [6.07, 6.45) is 1.67. The highest BCUT2D eigenvalue weighted by atomic mass is 16.2. The molecule has 2 aromatic carbocycles. The molecule has 1 aromatic heterocycles. The van der Waals surface area contributed by atoms with Crippen molar-refractivity contribution in [2.45, 2.75) is 19.4 Å². The van der Waals surface area contributed by atoms with E-state index in [1.54, 1.807) is 24.3 Å². The van der Waals surface area contributed by atoms with E-state index in [4.69, 9.17) is 0 Å². The maximum absolute atomic E-state index is 12.3. The van der Waals surface area contributed by atoms with Gasteiger partial charge in [0.2, 0.25) is 0 Å². The quantitative estimate of drug-likeness (QED) is 0.518. The highest BCUT2D eigenvalue weighted by Crippen LogP contribution is 2.22. The first-order valence-electron chi connectivity index (χ1n) is 9.23. The molecule has 138 valence electrons. The van der Waals surface area contributed by atoms with Gasteiger partial charge in [0, 0.05) is 13.6 Å². The van der Waals surface area contributed by atoms with Gasteiger partial charge in [0.05, 0.1) is 28.7 Å². The van der Waals surface area contributed by atoms with Crippen LogP contribution in [-0.4, -0.2) is 39.4 Å². The van der Waals surface area contributed by atoms with Crippen LogP contribution in [0.5, 0.6) is 0 Å². The maximum Gasteiger partial charge on any atom is 0.261 e. The van der Waals surface area contributed by atoms with E-state index in [9.17, 15) is 9.59 Å². The zero-order valence-corrected chi connectivity index (χ0v) is 15.3. The van der Waals surface area contributed by atoms with Gasteiger partial charge in [-0.3, -0.25) is 14.5 Å². The Balaban J connectivity index is 1.24. The second-order valence-electron chi connectivity index (χ2n) is 6.77. The van der Waals surface area contributed by atoms with E-state index in [2.05, 4.69) is 20.9 Å². The molecule has 27 heavy (non-hydrogen) atoms. The number of carbonyl (C=O) groups is 2. The van der Waals surface area contributed by atoms with E-state index in [0.29, 0.717) is 24.2 Å². The van der Waals surface area contributed by atoms with Crippen LogP contribution in [0.2, 0.25) is 0 Å². The van der Waals surface area contributed by atoms with Crippen molar-refractivity contribution in [2.75, 3.05) is 13.1 Å². The Morgan fingerprint density at radius 1 is 0.926 bits per heavy atom. The Morgan fingerprint density at radius 3 is 2.30 bits per heavy atom. The minimum Gasteiger partial charge on any atom is -0.330 e. The first kappa shape index (κ1) is 17.4. The Kier molecular flexibility index (Phi) is 4.73. The van der Waals surface area contributed by atoms with Crippen molar-refractivity contribution in [3.63, 3.8) is 0 Å². The van der Waals surface area contributed by atoms with Gasteiger partial charge in [0.1, 0.15) is 5.82 Å². The number of nitrogens with one attached hydrogen (secondary N) is 1. The van der Waals surface area contributed by atoms with Crippen LogP contribution in [0.15, 0.2) is 48.5 Å². The predicted octanol–water partition coefficient (Wildman–Crippen LogP) is 2.74. The molecule has 2 amide bonds. The topological polar surface area (TPSA) is 67.2 Å². The lowest BCUT2D eigenvalue weighted by molar-refractivity contribution is 0.0651. The fourth-order valence-electron chi connectivity index (χ4n) is 3.52. The molecule has 0 unspecified atom stereocenters. The molecular formula is C21H22N4O2. The highest BCUT2D eigenvalue weighted by Gasteiger charge is 2.34. The van der Waals surface area contributed by atoms with Crippen molar-refractivity contribution in [3.8, 4) is 0 Å². The summed E-state index contributed by atoms with van der Waals surface area (Å²) in [6, 6.07) is 15.1. The molecular weight excluding hydrogens is 340 g/mol. The van der Waals surface area contributed by atoms with Crippen molar-refractivity contribution in [1.82, 2.24) is 19.8 Å². The van der Waals surface area contributed by atoms with E-state index >= 15 is 0 Å². The number of amides is 2. The molecule has 0 bridgehead atoms. The number of hydrogen-bond donors (Lipinski definition) is 1. The van der Waals surface area contributed by atoms with Crippen LogP contribution >= 0.6 is 0 Å². The molecule has 0 saturated heterocycles. The average Bonchev–Trinajstić information content (AvgIpc) is 3.14. The molecule has 6 heteroatoms. The monoisotopic (exact) mass is 362 g/mol. The lowest BCUT2D eigenvalue weighted by Gasteiger charge is -2.13. The third kappa shape index (κ3) is 3.24. The molecule has 0 aliphatic carbocycles. The molecule has 1 N–H and O–H groups in total. The Labute approximate surface area is 157 Å². The van der Waals surface area contributed by atoms with Gasteiger partial charge in [0.25, 0.3) is 11.8 Å². The summed E-state index contributed by atoms with van der Waals surface area (Å²) < 4.78 is 2.10. The van der Waals surface area contributed by atoms with Crippen LogP contribution in [0.3, 0.4) is 0 Å². The number of nitrogens with zero attached hydrogens (tertiary/aromatic N) is 3. The molecule has 1 aliphatic heterocycles. The van der Waals surface area contributed by atoms with Gasteiger partial charge in [-0.05, 0) is 43.7 Å². The number of benzene rings is 2. The average molecular weight is 362 g/mol. The molecule has 0 radical (unpaired) electrons. The molecule has 1 aliphatic rings. The van der Waals surface area contributed by atoms with Gasteiger partial charge >= 0.3 is 0 Å². The number of imide groups is 1. The predicted molar refractivity (Wildman–Crippen MR) is 103 cm³/mol. The minimum absolute atomic E-state index is 0.178. The van der Waals surface area contributed by atoms with Crippen LogP contribution < -0.4 is 5.32 Å². The molecule has 0 atom stereocenters. The number of carbonyl (C=O) groups excluding carboxylic acids is 2. The van der Waals surface area contributed by atoms with E-state index in [1.165, 1.54) is 4.90 Å². The van der Waals surface area contributed by atoms with Gasteiger partial charge < -0.3 is 9.88 Å². The lowest BCUT2D eigenvalue weighted by Crippen LogP contribution is -2.31. The molecule has 0 spiro atoms. The normalized spacial score (nSPS) is 13.6. The number of rotatable bonds is 7.